The summed E-state index contributed by atoms with van der Waals surface area (Å²) in [5.41, 5.74) is 0.937. The van der Waals surface area contributed by atoms with E-state index in [1.165, 1.54) is 0 Å². The summed E-state index contributed by atoms with van der Waals surface area (Å²) >= 11 is 9.42. The van der Waals surface area contributed by atoms with Crippen LogP contribution in [0.5, 0.6) is 0 Å². The molecule has 17 heavy (non-hydrogen) atoms. The van der Waals surface area contributed by atoms with Gasteiger partial charge in [0.25, 0.3) is 0 Å². The van der Waals surface area contributed by atoms with Crippen LogP contribution >= 0.6 is 27.5 Å². The Bertz CT molecular complexity index is 515. The summed E-state index contributed by atoms with van der Waals surface area (Å²) in [4.78, 5) is 0. The van der Waals surface area contributed by atoms with Crippen LogP contribution in [0.3, 0.4) is 0 Å². The number of benzene rings is 1. The molecule has 0 bridgehead atoms. The molecular weight excluding hydrogens is 305 g/mol. The molecule has 0 atom stereocenters. The highest BCUT2D eigenvalue weighted by atomic mass is 79.9. The zero-order valence-corrected chi connectivity index (χ0v) is 11.6. The van der Waals surface area contributed by atoms with Crippen LogP contribution in [0.15, 0.2) is 29.0 Å². The highest BCUT2D eigenvalue weighted by Crippen LogP contribution is 2.27. The third-order valence-electron chi connectivity index (χ3n) is 2.33. The van der Waals surface area contributed by atoms with Crippen LogP contribution in [-0.2, 0) is 11.3 Å². The van der Waals surface area contributed by atoms with Gasteiger partial charge < -0.3 is 9.30 Å². The zero-order chi connectivity index (χ0) is 12.3. The van der Waals surface area contributed by atoms with E-state index in [0.717, 1.165) is 15.9 Å². The fourth-order valence-electron chi connectivity index (χ4n) is 1.47. The van der Waals surface area contributed by atoms with Gasteiger partial charge in [0, 0.05) is 23.7 Å². The molecule has 0 aliphatic heterocycles. The molecule has 2 rings (SSSR count). The Labute approximate surface area is 113 Å². The third kappa shape index (κ3) is 2.86. The Balaban J connectivity index is 2.32. The van der Waals surface area contributed by atoms with Crippen molar-refractivity contribution in [2.24, 2.45) is 0 Å². The average molecular weight is 317 g/mol. The van der Waals surface area contributed by atoms with Crippen molar-refractivity contribution >= 4 is 27.5 Å². The van der Waals surface area contributed by atoms with E-state index in [1.54, 1.807) is 13.4 Å². The molecule has 6 heteroatoms. The predicted molar refractivity (Wildman–Crippen MR) is 70.0 cm³/mol. The normalized spacial score (nSPS) is 10.8. The van der Waals surface area contributed by atoms with Crippen molar-refractivity contribution in [1.29, 1.82) is 0 Å². The van der Waals surface area contributed by atoms with E-state index in [0.29, 0.717) is 18.2 Å². The van der Waals surface area contributed by atoms with Crippen molar-refractivity contribution < 1.29 is 4.74 Å². The molecule has 4 nitrogen and oxygen atoms in total. The molecule has 1 aromatic carbocycles. The van der Waals surface area contributed by atoms with Crippen LogP contribution in [0.2, 0.25) is 5.02 Å². The van der Waals surface area contributed by atoms with Crippen molar-refractivity contribution in [2.75, 3.05) is 13.7 Å². The smallest absolute Gasteiger partial charge is 0.163 e. The molecule has 0 saturated carbocycles. The van der Waals surface area contributed by atoms with Crippen LogP contribution in [-0.4, -0.2) is 28.5 Å². The van der Waals surface area contributed by atoms with E-state index in [9.17, 15) is 0 Å². The largest absolute Gasteiger partial charge is 0.383 e. The minimum absolute atomic E-state index is 0.620. The first kappa shape index (κ1) is 12.5. The Morgan fingerprint density at radius 2 is 2.29 bits per heavy atom. The number of nitrogens with zero attached hydrogens (tertiary/aromatic N) is 3. The van der Waals surface area contributed by atoms with Crippen molar-refractivity contribution in [2.45, 2.75) is 6.54 Å². The van der Waals surface area contributed by atoms with Gasteiger partial charge in [0.1, 0.15) is 6.33 Å². The fraction of sp³-hybridized carbons (Fsp3) is 0.273. The van der Waals surface area contributed by atoms with Crippen LogP contribution in [0.1, 0.15) is 0 Å². The van der Waals surface area contributed by atoms with E-state index < -0.39 is 0 Å². The highest BCUT2D eigenvalue weighted by molar-refractivity contribution is 9.10. The van der Waals surface area contributed by atoms with Crippen LogP contribution < -0.4 is 0 Å². The fourth-order valence-corrected chi connectivity index (χ4v) is 1.89. The van der Waals surface area contributed by atoms with E-state index in [4.69, 9.17) is 16.3 Å². The third-order valence-corrected chi connectivity index (χ3v) is 3.56. The minimum atomic E-state index is 0.620. The molecule has 0 aliphatic carbocycles. The van der Waals surface area contributed by atoms with E-state index >= 15 is 0 Å². The molecule has 2 aromatic rings. The van der Waals surface area contributed by atoms with Gasteiger partial charge in [-0.1, -0.05) is 11.6 Å². The molecular formula is C11H11BrClN3O. The summed E-state index contributed by atoms with van der Waals surface area (Å²) in [5, 5.41) is 8.66. The second kappa shape index (κ2) is 5.62. The first-order valence-electron chi connectivity index (χ1n) is 5.04. The SMILES string of the molecule is COCCn1cnnc1-c1ccc(Br)c(Cl)c1. The molecule has 0 spiro atoms. The quantitative estimate of drug-likeness (QED) is 0.870. The van der Waals surface area contributed by atoms with Gasteiger partial charge in [0.15, 0.2) is 5.82 Å². The number of methoxy groups -OCH3 is 1. The molecule has 0 amide bonds. The molecule has 0 radical (unpaired) electrons. The van der Waals surface area contributed by atoms with Crippen molar-refractivity contribution in [3.05, 3.63) is 34.0 Å². The monoisotopic (exact) mass is 315 g/mol. The Morgan fingerprint density at radius 3 is 3.00 bits per heavy atom. The lowest BCUT2D eigenvalue weighted by molar-refractivity contribution is 0.187. The predicted octanol–water partition coefficient (Wildman–Crippen LogP) is 3.01. The summed E-state index contributed by atoms with van der Waals surface area (Å²) in [6.07, 6.45) is 1.68. The minimum Gasteiger partial charge on any atom is -0.383 e. The molecule has 1 aromatic heterocycles. The second-order valence-corrected chi connectivity index (χ2v) is 4.73. The topological polar surface area (TPSA) is 39.9 Å². The number of aromatic nitrogens is 3. The second-order valence-electron chi connectivity index (χ2n) is 3.47. The molecule has 90 valence electrons. The number of hydrogen-bond donors (Lipinski definition) is 0. The maximum Gasteiger partial charge on any atom is 0.163 e. The van der Waals surface area contributed by atoms with Crippen molar-refractivity contribution in [3.63, 3.8) is 0 Å². The first-order chi connectivity index (χ1) is 8.22. The van der Waals surface area contributed by atoms with Gasteiger partial charge in [-0.2, -0.15) is 0 Å². The van der Waals surface area contributed by atoms with Gasteiger partial charge >= 0.3 is 0 Å². The van der Waals surface area contributed by atoms with E-state index in [1.807, 2.05) is 22.8 Å². The lowest BCUT2D eigenvalue weighted by atomic mass is 10.2. The van der Waals surface area contributed by atoms with Gasteiger partial charge in [-0.15, -0.1) is 10.2 Å². The summed E-state index contributed by atoms with van der Waals surface area (Å²) in [6, 6.07) is 5.70. The first-order valence-corrected chi connectivity index (χ1v) is 6.21. The van der Waals surface area contributed by atoms with Gasteiger partial charge in [0.05, 0.1) is 11.6 Å². The molecule has 1 heterocycles. The number of ether oxygens (including phenoxy) is 1. The van der Waals surface area contributed by atoms with Gasteiger partial charge in [-0.3, -0.25) is 0 Å². The maximum atomic E-state index is 6.06. The standard InChI is InChI=1S/C11H11BrClN3O/c1-17-5-4-16-7-14-15-11(16)8-2-3-9(12)10(13)6-8/h2-3,6-7H,4-5H2,1H3. The van der Waals surface area contributed by atoms with E-state index in [2.05, 4.69) is 26.1 Å². The zero-order valence-electron chi connectivity index (χ0n) is 9.23. The Kier molecular flexibility index (Phi) is 4.15. The average Bonchev–Trinajstić information content (AvgIpc) is 2.78. The molecule has 0 unspecified atom stereocenters. The lowest BCUT2D eigenvalue weighted by Crippen LogP contribution is -2.04. The number of rotatable bonds is 4. The maximum absolute atomic E-state index is 6.06. The number of halogens is 2. The molecule has 0 saturated heterocycles. The van der Waals surface area contributed by atoms with Gasteiger partial charge in [-0.05, 0) is 34.1 Å². The lowest BCUT2D eigenvalue weighted by Gasteiger charge is -2.06. The van der Waals surface area contributed by atoms with E-state index in [-0.39, 0.29) is 0 Å². The molecule has 0 N–H and O–H groups in total. The Morgan fingerprint density at radius 1 is 1.47 bits per heavy atom. The van der Waals surface area contributed by atoms with Crippen LogP contribution in [0, 0.1) is 0 Å². The number of hydrogen-bond acceptors (Lipinski definition) is 3. The summed E-state index contributed by atoms with van der Waals surface area (Å²) in [6.45, 7) is 1.34. The molecule has 0 fully saturated rings. The highest BCUT2D eigenvalue weighted by Gasteiger charge is 2.08. The van der Waals surface area contributed by atoms with Crippen molar-refractivity contribution in [3.8, 4) is 11.4 Å². The van der Waals surface area contributed by atoms with Crippen molar-refractivity contribution in [1.82, 2.24) is 14.8 Å². The van der Waals surface area contributed by atoms with Gasteiger partial charge in [-0.25, -0.2) is 0 Å². The summed E-state index contributed by atoms with van der Waals surface area (Å²) < 4.78 is 7.84. The molecule has 0 aliphatic rings. The van der Waals surface area contributed by atoms with Crippen LogP contribution in [0.4, 0.5) is 0 Å². The van der Waals surface area contributed by atoms with Gasteiger partial charge in [0.2, 0.25) is 0 Å². The summed E-state index contributed by atoms with van der Waals surface area (Å²) in [7, 11) is 1.67. The van der Waals surface area contributed by atoms with Crippen LogP contribution in [0.25, 0.3) is 11.4 Å². The summed E-state index contributed by atoms with van der Waals surface area (Å²) in [5.74, 6) is 0.788. The Hall–Kier alpha value is -0.910.